The first-order valence-electron chi connectivity index (χ1n) is 16.8. The summed E-state index contributed by atoms with van der Waals surface area (Å²) in [5.74, 6) is 0.854. The maximum atomic E-state index is 5.51. The predicted octanol–water partition coefficient (Wildman–Crippen LogP) is 12.2. The van der Waals surface area contributed by atoms with E-state index in [2.05, 4.69) is 158 Å². The van der Waals surface area contributed by atoms with Crippen LogP contribution in [0.2, 0.25) is 0 Å². The number of para-hydroxylation sites is 3. The van der Waals surface area contributed by atoms with Crippen LogP contribution in [-0.2, 0) is 5.41 Å². The third-order valence-electron chi connectivity index (χ3n) is 10.8. The van der Waals surface area contributed by atoms with Gasteiger partial charge in [0.2, 0.25) is 0 Å². The minimum absolute atomic E-state index is 0.124. The van der Waals surface area contributed by atoms with Crippen LogP contribution in [0.4, 0.5) is 0 Å². The van der Waals surface area contributed by atoms with E-state index in [4.69, 9.17) is 9.97 Å². The van der Waals surface area contributed by atoms with Gasteiger partial charge in [0.1, 0.15) is 5.69 Å². The SMILES string of the molecule is CC1(C)c2ccccc2-c2ccc(-c3nc4ccccc4nc3-n3c4ccccc4c4c5ccccc5c5c6ccccc6sc5c43)cc21. The van der Waals surface area contributed by atoms with Crippen molar-refractivity contribution < 1.29 is 0 Å². The van der Waals surface area contributed by atoms with Crippen LogP contribution in [-0.4, -0.2) is 14.5 Å². The van der Waals surface area contributed by atoms with E-state index in [1.807, 2.05) is 11.3 Å². The van der Waals surface area contributed by atoms with E-state index in [0.717, 1.165) is 33.6 Å². The van der Waals surface area contributed by atoms with E-state index >= 15 is 0 Å². The fourth-order valence-corrected chi connectivity index (χ4v) is 9.80. The molecule has 0 fully saturated rings. The fourth-order valence-electron chi connectivity index (χ4n) is 8.54. The molecule has 0 unspecified atom stereocenters. The third-order valence-corrected chi connectivity index (χ3v) is 11.9. The number of rotatable bonds is 2. The number of fused-ring (bicyclic) bond motifs is 14. The predicted molar refractivity (Wildman–Crippen MR) is 207 cm³/mol. The lowest BCUT2D eigenvalue weighted by Gasteiger charge is -2.22. The molecular weight excluding hydrogens is 615 g/mol. The van der Waals surface area contributed by atoms with Crippen molar-refractivity contribution in [3.05, 3.63) is 151 Å². The summed E-state index contributed by atoms with van der Waals surface area (Å²) in [7, 11) is 0. The van der Waals surface area contributed by atoms with Crippen molar-refractivity contribution in [2.45, 2.75) is 19.3 Å². The van der Waals surface area contributed by atoms with E-state index in [1.54, 1.807) is 0 Å². The molecule has 10 aromatic rings. The van der Waals surface area contributed by atoms with Crippen molar-refractivity contribution in [1.29, 1.82) is 0 Å². The average molecular weight is 644 g/mol. The summed E-state index contributed by atoms with van der Waals surface area (Å²) < 4.78 is 4.98. The Hall–Kier alpha value is -5.84. The van der Waals surface area contributed by atoms with Gasteiger partial charge in [0, 0.05) is 37.2 Å². The highest BCUT2D eigenvalue weighted by Crippen LogP contribution is 2.51. The molecule has 0 saturated carbocycles. The Labute approximate surface area is 286 Å². The van der Waals surface area contributed by atoms with Gasteiger partial charge in [-0.25, -0.2) is 9.97 Å². The summed E-state index contributed by atoms with van der Waals surface area (Å²) in [6, 6.07) is 50.5. The van der Waals surface area contributed by atoms with Crippen LogP contribution in [0, 0.1) is 0 Å². The van der Waals surface area contributed by atoms with Gasteiger partial charge in [-0.3, -0.25) is 4.57 Å². The fraction of sp³-hybridized carbons (Fsp3) is 0.0667. The zero-order chi connectivity index (χ0) is 32.4. The maximum absolute atomic E-state index is 5.51. The molecule has 0 radical (unpaired) electrons. The lowest BCUT2D eigenvalue weighted by atomic mass is 9.82. The van der Waals surface area contributed by atoms with Crippen LogP contribution in [0.1, 0.15) is 25.0 Å². The zero-order valence-corrected chi connectivity index (χ0v) is 27.8. The number of thiophene rings is 1. The molecule has 1 aliphatic carbocycles. The monoisotopic (exact) mass is 643 g/mol. The minimum Gasteiger partial charge on any atom is -0.290 e. The molecule has 0 saturated heterocycles. The second-order valence-electron chi connectivity index (χ2n) is 13.7. The van der Waals surface area contributed by atoms with E-state index in [9.17, 15) is 0 Å². The van der Waals surface area contributed by atoms with Gasteiger partial charge in [0.05, 0.1) is 26.8 Å². The Morgan fingerprint density at radius 3 is 2.02 bits per heavy atom. The number of nitrogens with zero attached hydrogens (tertiary/aromatic N) is 3. The van der Waals surface area contributed by atoms with Gasteiger partial charge in [-0.05, 0) is 63.4 Å². The molecule has 0 spiro atoms. The van der Waals surface area contributed by atoms with Gasteiger partial charge in [-0.15, -0.1) is 11.3 Å². The molecule has 0 N–H and O–H groups in total. The molecule has 7 aromatic carbocycles. The summed E-state index contributed by atoms with van der Waals surface area (Å²) >= 11 is 1.88. The normalized spacial score (nSPS) is 13.7. The third kappa shape index (κ3) is 3.56. The van der Waals surface area contributed by atoms with Gasteiger partial charge in [0.25, 0.3) is 0 Å². The summed E-state index contributed by atoms with van der Waals surface area (Å²) in [6.07, 6.45) is 0. The lowest BCUT2D eigenvalue weighted by molar-refractivity contribution is 0.660. The molecule has 4 heteroatoms. The molecule has 3 aromatic heterocycles. The molecule has 230 valence electrons. The topological polar surface area (TPSA) is 30.7 Å². The number of hydrogen-bond acceptors (Lipinski definition) is 3. The molecule has 0 aliphatic heterocycles. The molecule has 0 amide bonds. The second kappa shape index (κ2) is 9.62. The van der Waals surface area contributed by atoms with Crippen LogP contribution in [0.25, 0.3) is 92.0 Å². The van der Waals surface area contributed by atoms with Crippen LogP contribution in [0.3, 0.4) is 0 Å². The lowest BCUT2D eigenvalue weighted by Crippen LogP contribution is -2.15. The van der Waals surface area contributed by atoms with Crippen LogP contribution >= 0.6 is 11.3 Å². The highest BCUT2D eigenvalue weighted by atomic mass is 32.1. The smallest absolute Gasteiger partial charge is 0.165 e. The quantitative estimate of drug-likeness (QED) is 0.188. The number of benzene rings is 7. The first-order chi connectivity index (χ1) is 24.1. The van der Waals surface area contributed by atoms with Crippen molar-refractivity contribution in [2.24, 2.45) is 0 Å². The van der Waals surface area contributed by atoms with E-state index in [1.165, 1.54) is 69.5 Å². The summed E-state index contributed by atoms with van der Waals surface area (Å²) in [4.78, 5) is 11.0. The van der Waals surface area contributed by atoms with E-state index in [0.29, 0.717) is 0 Å². The van der Waals surface area contributed by atoms with E-state index in [-0.39, 0.29) is 5.41 Å². The van der Waals surface area contributed by atoms with Gasteiger partial charge in [0.15, 0.2) is 5.82 Å². The first-order valence-corrected chi connectivity index (χ1v) is 17.7. The first kappa shape index (κ1) is 27.1. The molecular formula is C45H29N3S. The van der Waals surface area contributed by atoms with Gasteiger partial charge in [-0.1, -0.05) is 123 Å². The standard InChI is InChI=1S/C45H29N3S/c1-45(2)33-18-8-5-13-27(33)28-24-23-26(25-34(28)45)41-44(47-36-20-10-9-19-35(36)46-41)48-37-21-11-6-16-31(37)39-29-14-3-4-15-30(29)40-32-17-7-12-22-38(32)49-43(40)42(39)48/h3-25H,1-2H3. The highest BCUT2D eigenvalue weighted by Gasteiger charge is 2.35. The van der Waals surface area contributed by atoms with Gasteiger partial charge in [-0.2, -0.15) is 0 Å². The average Bonchev–Trinajstić information content (AvgIpc) is 3.78. The van der Waals surface area contributed by atoms with Crippen molar-refractivity contribution >= 4 is 75.1 Å². The van der Waals surface area contributed by atoms with Gasteiger partial charge < -0.3 is 0 Å². The van der Waals surface area contributed by atoms with Crippen molar-refractivity contribution in [3.63, 3.8) is 0 Å². The Morgan fingerprint density at radius 2 is 1.18 bits per heavy atom. The van der Waals surface area contributed by atoms with Crippen molar-refractivity contribution in [3.8, 4) is 28.2 Å². The Bertz CT molecular complexity index is 3030. The number of aromatic nitrogens is 3. The van der Waals surface area contributed by atoms with Crippen molar-refractivity contribution in [1.82, 2.24) is 14.5 Å². The van der Waals surface area contributed by atoms with Crippen LogP contribution in [0.5, 0.6) is 0 Å². The van der Waals surface area contributed by atoms with Crippen LogP contribution < -0.4 is 0 Å². The van der Waals surface area contributed by atoms with E-state index < -0.39 is 0 Å². The Kier molecular flexibility index (Phi) is 5.33. The largest absolute Gasteiger partial charge is 0.290 e. The van der Waals surface area contributed by atoms with Crippen LogP contribution in [0.15, 0.2) is 140 Å². The molecule has 1 aliphatic rings. The summed E-state index contributed by atoms with van der Waals surface area (Å²) in [5, 5.41) is 7.63. The molecule has 49 heavy (non-hydrogen) atoms. The molecule has 0 atom stereocenters. The minimum atomic E-state index is -0.124. The van der Waals surface area contributed by atoms with Gasteiger partial charge >= 0.3 is 0 Å². The Morgan fingerprint density at radius 1 is 0.551 bits per heavy atom. The summed E-state index contributed by atoms with van der Waals surface area (Å²) in [5.41, 5.74) is 11.3. The van der Waals surface area contributed by atoms with Crippen molar-refractivity contribution in [2.75, 3.05) is 0 Å². The zero-order valence-electron chi connectivity index (χ0n) is 27.0. The Balaban J connectivity index is 1.32. The highest BCUT2D eigenvalue weighted by molar-refractivity contribution is 7.27. The summed E-state index contributed by atoms with van der Waals surface area (Å²) in [6.45, 7) is 4.68. The molecule has 11 rings (SSSR count). The maximum Gasteiger partial charge on any atom is 0.165 e. The molecule has 3 heterocycles. The second-order valence-corrected chi connectivity index (χ2v) is 14.8. The molecule has 0 bridgehead atoms. The molecule has 3 nitrogen and oxygen atoms in total. The number of hydrogen-bond donors (Lipinski definition) is 0.